The number of carbonyl (C=O) groups excluding carboxylic acids is 2. The summed E-state index contributed by atoms with van der Waals surface area (Å²) in [5.74, 6) is 2.08. The van der Waals surface area contributed by atoms with E-state index in [9.17, 15) is 19.8 Å². The molecule has 1 amide bonds. The van der Waals surface area contributed by atoms with Crippen molar-refractivity contribution in [3.8, 4) is 16.9 Å². The number of benzene rings is 2. The van der Waals surface area contributed by atoms with Crippen LogP contribution in [0, 0.1) is 35.0 Å². The second-order valence-corrected chi connectivity index (χ2v) is 15.8. The van der Waals surface area contributed by atoms with Crippen molar-refractivity contribution in [1.82, 2.24) is 15.3 Å². The molecular formula is C40H57N3O6. The smallest absolute Gasteiger partial charge is 0.251 e. The predicted molar refractivity (Wildman–Crippen MR) is 190 cm³/mol. The molecule has 7 rings (SSSR count). The van der Waals surface area contributed by atoms with Crippen LogP contribution in [0.3, 0.4) is 0 Å². The van der Waals surface area contributed by atoms with Gasteiger partial charge in [0.15, 0.2) is 5.78 Å². The summed E-state index contributed by atoms with van der Waals surface area (Å²) in [6, 6.07) is 13.1. The van der Waals surface area contributed by atoms with Crippen LogP contribution in [0.15, 0.2) is 42.5 Å². The van der Waals surface area contributed by atoms with Gasteiger partial charge in [0, 0.05) is 41.6 Å². The zero-order valence-electron chi connectivity index (χ0n) is 30.2. The molecule has 2 bridgehead atoms. The number of aliphatic hydroxyl groups excluding tert-OH is 2. The number of likely N-dealkylation sites (N-methyl/N-ethyl adjacent to an activating group) is 1. The van der Waals surface area contributed by atoms with E-state index < -0.39 is 24.2 Å². The van der Waals surface area contributed by atoms with Crippen LogP contribution < -0.4 is 10.1 Å². The Morgan fingerprint density at radius 1 is 1.16 bits per heavy atom. The Kier molecular flexibility index (Phi) is 10.9. The zero-order chi connectivity index (χ0) is 35.0. The highest BCUT2D eigenvalue weighted by Crippen LogP contribution is 2.63. The van der Waals surface area contributed by atoms with Gasteiger partial charge in [-0.05, 0) is 92.5 Å². The number of amides is 1. The van der Waals surface area contributed by atoms with Gasteiger partial charge in [-0.3, -0.25) is 19.3 Å². The van der Waals surface area contributed by atoms with Gasteiger partial charge in [-0.1, -0.05) is 58.0 Å². The number of rotatable bonds is 13. The number of ether oxygens (including phenoxy) is 1. The average molecular weight is 676 g/mol. The molecule has 2 aliphatic heterocycles. The van der Waals surface area contributed by atoms with Crippen LogP contribution in [0.5, 0.6) is 5.75 Å². The van der Waals surface area contributed by atoms with Crippen molar-refractivity contribution in [3.05, 3.63) is 53.6 Å². The first-order chi connectivity index (χ1) is 23.5. The number of ketones is 1. The van der Waals surface area contributed by atoms with Crippen molar-refractivity contribution in [2.75, 3.05) is 33.4 Å². The fourth-order valence-corrected chi connectivity index (χ4v) is 9.88. The Balaban J connectivity index is 1.21. The molecule has 2 heterocycles. The summed E-state index contributed by atoms with van der Waals surface area (Å²) < 4.78 is 6.00. The number of nitrogens with zero attached hydrogens (tertiary/aromatic N) is 2. The number of methoxy groups -OCH3 is 1. The average Bonchev–Trinajstić information content (AvgIpc) is 3.71. The molecule has 49 heavy (non-hydrogen) atoms. The number of hydrogen-bond donors (Lipinski definition) is 3. The van der Waals surface area contributed by atoms with Crippen LogP contribution >= 0.6 is 0 Å². The van der Waals surface area contributed by atoms with Gasteiger partial charge in [-0.2, -0.15) is 5.06 Å². The molecule has 2 aromatic carbocycles. The normalized spacial score (nSPS) is 31.7. The summed E-state index contributed by atoms with van der Waals surface area (Å²) >= 11 is 0. The minimum absolute atomic E-state index is 0.0614. The molecule has 268 valence electrons. The van der Waals surface area contributed by atoms with Crippen molar-refractivity contribution in [2.45, 2.75) is 97.6 Å². The van der Waals surface area contributed by atoms with E-state index in [0.29, 0.717) is 59.4 Å². The van der Waals surface area contributed by atoms with Gasteiger partial charge in [0.2, 0.25) is 0 Å². The number of hydroxylamine groups is 2. The molecule has 2 saturated heterocycles. The Hall–Kier alpha value is -2.82. The number of nitrogens with one attached hydrogen (secondary N) is 1. The standard InChI is InChI=1S/C40H57N3O6/c1-7-42-16-10-14-31(42)21-41-39(47)27-12-8-11-26(17-27)32-15-9-13-28(38(32)48-6)22-43-37(36(25(3)45)35(23-44)49-43)34(46)19-29-18-30-20-33(24(29)2)40(30,4)5/h8-9,11-13,15,17,24-25,29-31,33,35-37,44-45H,7,10,14,16,18-23H2,1-6H3,(H,41,47)/t24-,25+,29-,30+,31+,33+,35+,36+,37-/m1/s1. The van der Waals surface area contributed by atoms with E-state index in [4.69, 9.17) is 9.57 Å². The lowest BCUT2D eigenvalue weighted by Gasteiger charge is -2.62. The predicted octanol–water partition coefficient (Wildman–Crippen LogP) is 5.33. The number of fused-ring (bicyclic) bond motifs is 2. The number of carbonyl (C=O) groups is 2. The number of para-hydroxylation sites is 1. The Bertz CT molecular complexity index is 1490. The fraction of sp³-hybridized carbons (Fsp3) is 0.650. The first-order valence-corrected chi connectivity index (χ1v) is 18.5. The summed E-state index contributed by atoms with van der Waals surface area (Å²) in [4.78, 5) is 36.2. The molecule has 3 saturated carbocycles. The lowest BCUT2D eigenvalue weighted by atomic mass is 9.43. The van der Waals surface area contributed by atoms with Crippen LogP contribution in [0.2, 0.25) is 0 Å². The summed E-state index contributed by atoms with van der Waals surface area (Å²) in [5, 5.41) is 26.0. The quantitative estimate of drug-likeness (QED) is 0.262. The van der Waals surface area contributed by atoms with Gasteiger partial charge < -0.3 is 20.3 Å². The SMILES string of the molecule is CCN1CCC[C@H]1CNC(=O)c1cccc(-c2cccc(CN3O[C@@H](CO)[C@H]([C@H](C)O)[C@H]3C(=O)C[C@H]3C[C@H]4C[C@@H]([C@@H]3C)C4(C)C)c2OC)c1. The molecule has 9 heteroatoms. The highest BCUT2D eigenvalue weighted by atomic mass is 16.7. The number of likely N-dealkylation sites (tertiary alicyclic amines) is 1. The minimum Gasteiger partial charge on any atom is -0.496 e. The van der Waals surface area contributed by atoms with E-state index >= 15 is 0 Å². The summed E-state index contributed by atoms with van der Waals surface area (Å²) in [5.41, 5.74) is 3.41. The molecule has 5 aliphatic rings. The second kappa shape index (κ2) is 14.8. The molecule has 9 nitrogen and oxygen atoms in total. The molecule has 0 spiro atoms. The summed E-state index contributed by atoms with van der Waals surface area (Å²) in [7, 11) is 1.62. The zero-order valence-corrected chi connectivity index (χ0v) is 30.2. The van der Waals surface area contributed by atoms with E-state index in [-0.39, 0.29) is 24.8 Å². The monoisotopic (exact) mass is 675 g/mol. The fourth-order valence-electron chi connectivity index (χ4n) is 9.88. The second-order valence-electron chi connectivity index (χ2n) is 15.8. The molecule has 2 aromatic rings. The van der Waals surface area contributed by atoms with Gasteiger partial charge >= 0.3 is 0 Å². The highest BCUT2D eigenvalue weighted by molar-refractivity contribution is 5.95. The summed E-state index contributed by atoms with van der Waals surface area (Å²) in [6.07, 6.45) is 3.48. The van der Waals surface area contributed by atoms with E-state index in [1.54, 1.807) is 19.1 Å². The van der Waals surface area contributed by atoms with Crippen LogP contribution in [-0.4, -0.2) is 89.5 Å². The van der Waals surface area contributed by atoms with E-state index in [1.807, 2.05) is 42.5 Å². The van der Waals surface area contributed by atoms with Gasteiger partial charge in [0.1, 0.15) is 17.9 Å². The van der Waals surface area contributed by atoms with Gasteiger partial charge in [-0.15, -0.1) is 0 Å². The van der Waals surface area contributed by atoms with E-state index in [1.165, 1.54) is 6.42 Å². The van der Waals surface area contributed by atoms with Crippen molar-refractivity contribution < 1.29 is 29.4 Å². The molecule has 0 radical (unpaired) electrons. The van der Waals surface area contributed by atoms with Crippen LogP contribution in [0.25, 0.3) is 11.1 Å². The Morgan fingerprint density at radius 2 is 1.94 bits per heavy atom. The molecule has 5 fully saturated rings. The molecule has 3 N–H and O–H groups in total. The molecule has 0 aromatic heterocycles. The maximum Gasteiger partial charge on any atom is 0.251 e. The Morgan fingerprint density at radius 3 is 2.61 bits per heavy atom. The number of Topliss-reactive ketones (excluding diaryl/α,β-unsaturated/α-hetero) is 1. The Labute approximate surface area is 292 Å². The van der Waals surface area contributed by atoms with Crippen LogP contribution in [0.1, 0.15) is 82.6 Å². The highest BCUT2D eigenvalue weighted by Gasteiger charge is 2.57. The molecular weight excluding hydrogens is 618 g/mol. The summed E-state index contributed by atoms with van der Waals surface area (Å²) in [6.45, 7) is 13.5. The number of aliphatic hydroxyl groups is 2. The van der Waals surface area contributed by atoms with E-state index in [2.05, 4.69) is 37.9 Å². The first-order valence-electron chi connectivity index (χ1n) is 18.5. The maximum atomic E-state index is 14.2. The minimum atomic E-state index is -0.840. The van der Waals surface area contributed by atoms with Crippen LogP contribution in [-0.2, 0) is 16.2 Å². The largest absolute Gasteiger partial charge is 0.496 e. The topological polar surface area (TPSA) is 112 Å². The van der Waals surface area contributed by atoms with Gasteiger partial charge in [0.05, 0.1) is 26.4 Å². The number of hydrogen-bond acceptors (Lipinski definition) is 8. The molecule has 0 unspecified atom stereocenters. The molecule has 9 atom stereocenters. The van der Waals surface area contributed by atoms with Gasteiger partial charge in [-0.25, -0.2) is 0 Å². The third-order valence-electron chi connectivity index (χ3n) is 12.9. The maximum absolute atomic E-state index is 14.2. The third kappa shape index (κ3) is 6.94. The van der Waals surface area contributed by atoms with Crippen molar-refractivity contribution in [1.29, 1.82) is 0 Å². The van der Waals surface area contributed by atoms with Crippen molar-refractivity contribution >= 4 is 11.7 Å². The van der Waals surface area contributed by atoms with E-state index in [0.717, 1.165) is 49.0 Å². The van der Waals surface area contributed by atoms with Crippen molar-refractivity contribution in [3.63, 3.8) is 0 Å². The third-order valence-corrected chi connectivity index (χ3v) is 12.9. The lowest BCUT2D eigenvalue weighted by molar-refractivity contribution is -0.183. The molecule has 3 aliphatic carbocycles. The lowest BCUT2D eigenvalue weighted by Crippen LogP contribution is -2.55. The first kappa shape index (κ1) is 36.0. The van der Waals surface area contributed by atoms with Crippen molar-refractivity contribution in [2.24, 2.45) is 35.0 Å². The van der Waals surface area contributed by atoms with Crippen LogP contribution in [0.4, 0.5) is 0 Å². The van der Waals surface area contributed by atoms with Gasteiger partial charge in [0.25, 0.3) is 5.91 Å².